The summed E-state index contributed by atoms with van der Waals surface area (Å²) in [5, 5.41) is 25.3. The van der Waals surface area contributed by atoms with Crippen LogP contribution in [0.2, 0.25) is 0 Å². The molecular weight excluding hydrogens is 402 g/mol. The monoisotopic (exact) mass is 433 g/mol. The Bertz CT molecular complexity index is 972. The third-order valence-electron chi connectivity index (χ3n) is 5.96. The standard InChI is InChI=1S/C19H23N3O3.C7H8/c20-12-19(5-1-2-6-19)14-7-13(8-16(23)9-14)18(25)22-11-17(24)10-21-15-3-4-15;1-7-5-3-2-4-6-7/h7-9,15,21,23H,1-6,10-11H2,(H,22,25);2-6H,1H3. The van der Waals surface area contributed by atoms with Crippen LogP contribution < -0.4 is 10.6 Å². The number of rotatable bonds is 7. The smallest absolute Gasteiger partial charge is 0.251 e. The normalized spacial score (nSPS) is 16.4. The number of aryl methyl sites for hydroxylation is 1. The van der Waals surface area contributed by atoms with E-state index >= 15 is 0 Å². The summed E-state index contributed by atoms with van der Waals surface area (Å²) < 4.78 is 0. The lowest BCUT2D eigenvalue weighted by Gasteiger charge is -2.21. The molecule has 32 heavy (non-hydrogen) atoms. The van der Waals surface area contributed by atoms with E-state index in [2.05, 4.69) is 35.8 Å². The van der Waals surface area contributed by atoms with Gasteiger partial charge in [0, 0.05) is 11.6 Å². The highest BCUT2D eigenvalue weighted by Crippen LogP contribution is 2.41. The summed E-state index contributed by atoms with van der Waals surface area (Å²) >= 11 is 0. The average molecular weight is 434 g/mol. The number of Topliss-reactive ketones (excluding diaryl/α,β-unsaturated/α-hetero) is 1. The zero-order valence-electron chi connectivity index (χ0n) is 18.6. The Kier molecular flexibility index (Phi) is 8.02. The van der Waals surface area contributed by atoms with Gasteiger partial charge in [0.05, 0.1) is 24.6 Å². The summed E-state index contributed by atoms with van der Waals surface area (Å²) in [4.78, 5) is 24.1. The number of nitrogens with zero attached hydrogens (tertiary/aromatic N) is 1. The molecule has 168 valence electrons. The molecule has 2 aromatic carbocycles. The number of nitriles is 1. The van der Waals surface area contributed by atoms with Crippen LogP contribution in [0.15, 0.2) is 48.5 Å². The van der Waals surface area contributed by atoms with E-state index < -0.39 is 11.3 Å². The van der Waals surface area contributed by atoms with Gasteiger partial charge in [0.15, 0.2) is 5.78 Å². The first kappa shape index (κ1) is 23.5. The largest absolute Gasteiger partial charge is 0.508 e. The molecule has 6 nitrogen and oxygen atoms in total. The molecule has 2 fully saturated rings. The van der Waals surface area contributed by atoms with Crippen molar-refractivity contribution in [3.05, 3.63) is 65.2 Å². The Labute approximate surface area is 189 Å². The zero-order chi connectivity index (χ0) is 23.0. The van der Waals surface area contributed by atoms with Crippen LogP contribution in [0, 0.1) is 18.3 Å². The van der Waals surface area contributed by atoms with Crippen molar-refractivity contribution in [2.24, 2.45) is 0 Å². The third-order valence-corrected chi connectivity index (χ3v) is 5.96. The van der Waals surface area contributed by atoms with E-state index in [9.17, 15) is 20.0 Å². The van der Waals surface area contributed by atoms with Crippen molar-refractivity contribution < 1.29 is 14.7 Å². The molecule has 1 amide bonds. The lowest BCUT2D eigenvalue weighted by molar-refractivity contribution is -0.117. The van der Waals surface area contributed by atoms with Gasteiger partial charge in [-0.3, -0.25) is 9.59 Å². The number of nitrogens with one attached hydrogen (secondary N) is 2. The van der Waals surface area contributed by atoms with Crippen LogP contribution in [-0.4, -0.2) is 35.9 Å². The minimum Gasteiger partial charge on any atom is -0.508 e. The molecular formula is C26H31N3O3. The van der Waals surface area contributed by atoms with Crippen LogP contribution >= 0.6 is 0 Å². The second-order valence-electron chi connectivity index (χ2n) is 8.70. The fourth-order valence-electron chi connectivity index (χ4n) is 3.89. The highest BCUT2D eigenvalue weighted by Gasteiger charge is 2.36. The van der Waals surface area contributed by atoms with Gasteiger partial charge in [-0.25, -0.2) is 0 Å². The van der Waals surface area contributed by atoms with Gasteiger partial charge in [0.2, 0.25) is 0 Å². The molecule has 2 aliphatic rings. The molecule has 0 unspecified atom stereocenters. The van der Waals surface area contributed by atoms with E-state index in [1.54, 1.807) is 12.1 Å². The van der Waals surface area contributed by atoms with E-state index in [4.69, 9.17) is 0 Å². The molecule has 2 aliphatic carbocycles. The molecule has 2 aromatic rings. The molecule has 0 saturated heterocycles. The number of hydrogen-bond donors (Lipinski definition) is 3. The van der Waals surface area contributed by atoms with Crippen molar-refractivity contribution in [1.29, 1.82) is 5.26 Å². The Morgan fingerprint density at radius 3 is 2.34 bits per heavy atom. The third kappa shape index (κ3) is 6.66. The molecule has 6 heteroatoms. The highest BCUT2D eigenvalue weighted by atomic mass is 16.3. The van der Waals surface area contributed by atoms with Gasteiger partial charge < -0.3 is 15.7 Å². The van der Waals surface area contributed by atoms with Gasteiger partial charge in [-0.15, -0.1) is 0 Å². The number of ketones is 1. The summed E-state index contributed by atoms with van der Waals surface area (Å²) in [6.45, 7) is 2.29. The fourth-order valence-corrected chi connectivity index (χ4v) is 3.89. The van der Waals surface area contributed by atoms with Gasteiger partial charge in [-0.2, -0.15) is 5.26 Å². The van der Waals surface area contributed by atoms with Gasteiger partial charge >= 0.3 is 0 Å². The first-order valence-corrected chi connectivity index (χ1v) is 11.2. The number of phenolic OH excluding ortho intramolecular Hbond substituents is 1. The fraction of sp³-hybridized carbons (Fsp3) is 0.423. The highest BCUT2D eigenvalue weighted by molar-refractivity contribution is 5.97. The van der Waals surface area contributed by atoms with Crippen molar-refractivity contribution in [3.63, 3.8) is 0 Å². The topological polar surface area (TPSA) is 102 Å². The zero-order valence-corrected chi connectivity index (χ0v) is 18.6. The molecule has 4 rings (SSSR count). The van der Waals surface area contributed by atoms with E-state index in [1.807, 2.05) is 18.2 Å². The van der Waals surface area contributed by atoms with E-state index in [1.165, 1.54) is 11.6 Å². The molecule has 0 bridgehead atoms. The lowest BCUT2D eigenvalue weighted by Crippen LogP contribution is -2.35. The average Bonchev–Trinajstić information content (AvgIpc) is 3.50. The van der Waals surface area contributed by atoms with Crippen LogP contribution in [-0.2, 0) is 10.2 Å². The Balaban J connectivity index is 0.000000352. The van der Waals surface area contributed by atoms with Crippen LogP contribution in [0.3, 0.4) is 0 Å². The first-order valence-electron chi connectivity index (χ1n) is 11.2. The first-order chi connectivity index (χ1) is 15.4. The predicted molar refractivity (Wildman–Crippen MR) is 123 cm³/mol. The number of benzene rings is 2. The maximum Gasteiger partial charge on any atom is 0.251 e. The molecule has 2 saturated carbocycles. The van der Waals surface area contributed by atoms with Crippen LogP contribution in [0.5, 0.6) is 5.75 Å². The maximum atomic E-state index is 12.3. The van der Waals surface area contributed by atoms with Crippen LogP contribution in [0.1, 0.15) is 60.0 Å². The van der Waals surface area contributed by atoms with E-state index in [-0.39, 0.29) is 30.2 Å². The van der Waals surface area contributed by atoms with Crippen molar-refractivity contribution in [2.75, 3.05) is 13.1 Å². The molecule has 0 atom stereocenters. The summed E-state index contributed by atoms with van der Waals surface area (Å²) in [5.41, 5.74) is 1.65. The van der Waals surface area contributed by atoms with E-state index in [0.29, 0.717) is 11.6 Å². The summed E-state index contributed by atoms with van der Waals surface area (Å²) in [5.74, 6) is -0.529. The number of carbonyl (C=O) groups excluding carboxylic acids is 2. The lowest BCUT2D eigenvalue weighted by atomic mass is 9.79. The molecule has 0 aliphatic heterocycles. The quantitative estimate of drug-likeness (QED) is 0.617. The van der Waals surface area contributed by atoms with Crippen LogP contribution in [0.25, 0.3) is 0 Å². The van der Waals surface area contributed by atoms with Gasteiger partial charge in [-0.05, 0) is 56.4 Å². The number of aromatic hydroxyl groups is 1. The second kappa shape index (κ2) is 10.9. The minimum atomic E-state index is -0.627. The molecule has 0 radical (unpaired) electrons. The second-order valence-corrected chi connectivity index (χ2v) is 8.70. The van der Waals surface area contributed by atoms with Crippen molar-refractivity contribution in [1.82, 2.24) is 10.6 Å². The summed E-state index contributed by atoms with van der Waals surface area (Å²) in [6, 6.07) is 17.7. The van der Waals surface area contributed by atoms with Crippen molar-refractivity contribution in [2.45, 2.75) is 56.9 Å². The van der Waals surface area contributed by atoms with Gasteiger partial charge in [0.25, 0.3) is 5.91 Å². The Morgan fingerprint density at radius 1 is 1.09 bits per heavy atom. The number of hydrogen-bond acceptors (Lipinski definition) is 5. The number of carbonyl (C=O) groups is 2. The van der Waals surface area contributed by atoms with Crippen molar-refractivity contribution >= 4 is 11.7 Å². The molecule has 0 spiro atoms. The minimum absolute atomic E-state index is 0.0362. The number of phenols is 1. The summed E-state index contributed by atoms with van der Waals surface area (Å²) in [6.07, 6.45) is 5.61. The van der Waals surface area contributed by atoms with Crippen LogP contribution in [0.4, 0.5) is 0 Å². The Morgan fingerprint density at radius 2 is 1.78 bits per heavy atom. The number of amides is 1. The van der Waals surface area contributed by atoms with E-state index in [0.717, 1.165) is 38.5 Å². The van der Waals surface area contributed by atoms with Gasteiger partial charge in [-0.1, -0.05) is 48.7 Å². The van der Waals surface area contributed by atoms with Gasteiger partial charge in [0.1, 0.15) is 5.75 Å². The summed E-state index contributed by atoms with van der Waals surface area (Å²) in [7, 11) is 0. The molecule has 3 N–H and O–H groups in total. The molecule has 0 aromatic heterocycles. The SMILES string of the molecule is Cc1ccccc1.N#CC1(c2cc(O)cc(C(=O)NCC(=O)CNC3CC3)c2)CCCC1. The Hall–Kier alpha value is -3.17. The van der Waals surface area contributed by atoms with Crippen molar-refractivity contribution in [3.8, 4) is 11.8 Å². The predicted octanol–water partition coefficient (Wildman–Crippen LogP) is 3.77. The maximum absolute atomic E-state index is 12.3. The molecule has 0 heterocycles.